The Labute approximate surface area is 125 Å². The van der Waals surface area contributed by atoms with Crippen LogP contribution in [0.5, 0.6) is 0 Å². The second-order valence-electron chi connectivity index (χ2n) is 5.43. The van der Waals surface area contributed by atoms with Crippen LogP contribution >= 0.6 is 0 Å². The quantitative estimate of drug-likeness (QED) is 0.801. The molecule has 2 aromatic rings. The van der Waals surface area contributed by atoms with E-state index in [1.54, 1.807) is 12.3 Å². The number of rotatable bonds is 4. The predicted octanol–water partition coefficient (Wildman–Crippen LogP) is 1.58. The summed E-state index contributed by atoms with van der Waals surface area (Å²) in [5.74, 6) is -1.62. The monoisotopic (exact) mass is 305 g/mol. The van der Waals surface area contributed by atoms with Crippen LogP contribution in [0.1, 0.15) is 5.56 Å². The van der Waals surface area contributed by atoms with Gasteiger partial charge in [-0.2, -0.15) is 0 Å². The Balaban J connectivity index is 1.51. The summed E-state index contributed by atoms with van der Waals surface area (Å²) in [6.45, 7) is 0.912. The van der Waals surface area contributed by atoms with E-state index in [1.807, 2.05) is 0 Å². The first kappa shape index (κ1) is 14.4. The number of urea groups is 1. The van der Waals surface area contributed by atoms with Gasteiger partial charge in [-0.15, -0.1) is 0 Å². The van der Waals surface area contributed by atoms with E-state index in [1.165, 1.54) is 17.0 Å². The number of fused-ring (bicyclic) bond motifs is 1. The van der Waals surface area contributed by atoms with E-state index >= 15 is 0 Å². The largest absolute Gasteiger partial charge is 0.481 e. The Morgan fingerprint density at radius 2 is 2.18 bits per heavy atom. The van der Waals surface area contributed by atoms with Crippen molar-refractivity contribution in [2.24, 2.45) is 5.92 Å². The second-order valence-corrected chi connectivity index (χ2v) is 5.43. The van der Waals surface area contributed by atoms with Gasteiger partial charge in [-0.25, -0.2) is 9.18 Å². The number of nitrogens with zero attached hydrogens (tertiary/aromatic N) is 1. The van der Waals surface area contributed by atoms with E-state index in [0.29, 0.717) is 13.0 Å². The average Bonchev–Trinajstić information content (AvgIpc) is 2.79. The molecule has 1 aliphatic rings. The second kappa shape index (κ2) is 5.67. The van der Waals surface area contributed by atoms with Gasteiger partial charge in [0.15, 0.2) is 0 Å². The number of hydrogen-bond donors (Lipinski definition) is 3. The Morgan fingerprint density at radius 1 is 1.41 bits per heavy atom. The number of carbonyl (C=O) groups is 2. The molecule has 1 fully saturated rings. The van der Waals surface area contributed by atoms with Crippen LogP contribution in [0.25, 0.3) is 10.9 Å². The SMILES string of the molecule is O=C(O)C1CN(C(=O)NCCc2c[nH]c3ccc(F)cc23)C1. The number of aromatic nitrogens is 1. The molecule has 0 spiro atoms. The average molecular weight is 305 g/mol. The number of hydrogen-bond acceptors (Lipinski definition) is 2. The molecule has 0 aliphatic carbocycles. The van der Waals surface area contributed by atoms with E-state index in [2.05, 4.69) is 10.3 Å². The summed E-state index contributed by atoms with van der Waals surface area (Å²) < 4.78 is 13.3. The van der Waals surface area contributed by atoms with Crippen molar-refractivity contribution in [2.75, 3.05) is 19.6 Å². The number of nitrogens with one attached hydrogen (secondary N) is 2. The van der Waals surface area contributed by atoms with Crippen molar-refractivity contribution < 1.29 is 19.1 Å². The first-order chi connectivity index (χ1) is 10.5. The van der Waals surface area contributed by atoms with Crippen molar-refractivity contribution in [2.45, 2.75) is 6.42 Å². The van der Waals surface area contributed by atoms with Crippen molar-refractivity contribution >= 4 is 22.9 Å². The van der Waals surface area contributed by atoms with Crippen LogP contribution in [0.2, 0.25) is 0 Å². The van der Waals surface area contributed by atoms with Crippen molar-refractivity contribution in [3.63, 3.8) is 0 Å². The lowest BCUT2D eigenvalue weighted by Gasteiger charge is -2.36. The zero-order chi connectivity index (χ0) is 15.7. The van der Waals surface area contributed by atoms with Crippen LogP contribution in [0.3, 0.4) is 0 Å². The third-order valence-electron chi connectivity index (χ3n) is 3.92. The highest BCUT2D eigenvalue weighted by molar-refractivity contribution is 5.83. The van der Waals surface area contributed by atoms with Crippen LogP contribution in [-0.2, 0) is 11.2 Å². The van der Waals surface area contributed by atoms with E-state index in [4.69, 9.17) is 5.11 Å². The van der Waals surface area contributed by atoms with Crippen molar-refractivity contribution in [3.8, 4) is 0 Å². The minimum Gasteiger partial charge on any atom is -0.481 e. The molecule has 1 aromatic heterocycles. The van der Waals surface area contributed by atoms with Gasteiger partial charge in [-0.1, -0.05) is 0 Å². The number of carbonyl (C=O) groups excluding carboxylic acids is 1. The van der Waals surface area contributed by atoms with Crippen LogP contribution in [-0.4, -0.2) is 46.6 Å². The fraction of sp³-hybridized carbons (Fsp3) is 0.333. The normalized spacial score (nSPS) is 14.9. The summed E-state index contributed by atoms with van der Waals surface area (Å²) in [5.41, 5.74) is 1.79. The standard InChI is InChI=1S/C15H16FN3O3/c16-11-1-2-13-12(5-11)9(6-18-13)3-4-17-15(22)19-7-10(8-19)14(20)21/h1-2,5-6,10,18H,3-4,7-8H2,(H,17,22)(H,20,21). The maximum Gasteiger partial charge on any atom is 0.317 e. The number of benzene rings is 1. The van der Waals surface area contributed by atoms with Gasteiger partial charge in [0.25, 0.3) is 0 Å². The maximum atomic E-state index is 13.3. The fourth-order valence-corrected chi connectivity index (χ4v) is 2.57. The molecule has 6 nitrogen and oxygen atoms in total. The molecule has 3 rings (SSSR count). The van der Waals surface area contributed by atoms with Gasteiger partial charge in [0, 0.05) is 36.7 Å². The van der Waals surface area contributed by atoms with Crippen molar-refractivity contribution in [1.82, 2.24) is 15.2 Å². The van der Waals surface area contributed by atoms with Crippen LogP contribution in [0, 0.1) is 11.7 Å². The smallest absolute Gasteiger partial charge is 0.317 e. The van der Waals surface area contributed by atoms with Gasteiger partial charge in [0.2, 0.25) is 0 Å². The molecule has 0 atom stereocenters. The van der Waals surface area contributed by atoms with E-state index < -0.39 is 11.9 Å². The Morgan fingerprint density at radius 3 is 2.91 bits per heavy atom. The summed E-state index contributed by atoms with van der Waals surface area (Å²) in [4.78, 5) is 27.0. The summed E-state index contributed by atoms with van der Waals surface area (Å²) in [6.07, 6.45) is 2.38. The number of aromatic amines is 1. The summed E-state index contributed by atoms with van der Waals surface area (Å²) >= 11 is 0. The molecular formula is C15H16FN3O3. The number of carboxylic acids is 1. The van der Waals surface area contributed by atoms with E-state index in [-0.39, 0.29) is 24.9 Å². The lowest BCUT2D eigenvalue weighted by atomic mass is 10.0. The lowest BCUT2D eigenvalue weighted by molar-refractivity contribution is -0.146. The van der Waals surface area contributed by atoms with Gasteiger partial charge in [0.1, 0.15) is 5.82 Å². The van der Waals surface area contributed by atoms with Crippen molar-refractivity contribution in [1.29, 1.82) is 0 Å². The first-order valence-corrected chi connectivity index (χ1v) is 7.05. The summed E-state index contributed by atoms with van der Waals surface area (Å²) in [7, 11) is 0. The Kier molecular flexibility index (Phi) is 3.70. The number of amides is 2. The minimum absolute atomic E-state index is 0.249. The highest BCUT2D eigenvalue weighted by Crippen LogP contribution is 2.20. The summed E-state index contributed by atoms with van der Waals surface area (Å²) in [5, 5.41) is 12.3. The molecule has 0 bridgehead atoms. The molecule has 0 saturated carbocycles. The number of H-pyrrole nitrogens is 1. The molecule has 2 amide bonds. The molecular weight excluding hydrogens is 289 g/mol. The van der Waals surface area contributed by atoms with Gasteiger partial charge < -0.3 is 20.3 Å². The molecule has 1 aliphatic heterocycles. The number of likely N-dealkylation sites (tertiary alicyclic amines) is 1. The van der Waals surface area contributed by atoms with E-state index in [9.17, 15) is 14.0 Å². The van der Waals surface area contributed by atoms with Gasteiger partial charge >= 0.3 is 12.0 Å². The number of carboxylic acid groups (broad SMARTS) is 1. The predicted molar refractivity (Wildman–Crippen MR) is 78.1 cm³/mol. The zero-order valence-electron chi connectivity index (χ0n) is 11.8. The zero-order valence-corrected chi connectivity index (χ0v) is 11.8. The fourth-order valence-electron chi connectivity index (χ4n) is 2.57. The van der Waals surface area contributed by atoms with Gasteiger partial charge in [-0.05, 0) is 30.2 Å². The maximum absolute atomic E-state index is 13.3. The topological polar surface area (TPSA) is 85.4 Å². The highest BCUT2D eigenvalue weighted by Gasteiger charge is 2.35. The summed E-state index contributed by atoms with van der Waals surface area (Å²) in [6, 6.07) is 4.28. The Hall–Kier alpha value is -2.57. The van der Waals surface area contributed by atoms with Crippen LogP contribution in [0.4, 0.5) is 9.18 Å². The third-order valence-corrected chi connectivity index (χ3v) is 3.92. The molecule has 116 valence electrons. The molecule has 1 saturated heterocycles. The molecule has 0 radical (unpaired) electrons. The number of aliphatic carboxylic acids is 1. The van der Waals surface area contributed by atoms with Gasteiger partial charge in [-0.3, -0.25) is 4.79 Å². The number of halogens is 1. The Bertz CT molecular complexity index is 722. The minimum atomic E-state index is -0.870. The lowest BCUT2D eigenvalue weighted by Crippen LogP contribution is -2.56. The van der Waals surface area contributed by atoms with Crippen molar-refractivity contribution in [3.05, 3.63) is 35.8 Å². The molecule has 0 unspecified atom stereocenters. The van der Waals surface area contributed by atoms with Crippen LogP contribution in [0.15, 0.2) is 24.4 Å². The molecule has 22 heavy (non-hydrogen) atoms. The third kappa shape index (κ3) is 2.74. The first-order valence-electron chi connectivity index (χ1n) is 7.05. The van der Waals surface area contributed by atoms with E-state index in [0.717, 1.165) is 16.5 Å². The molecule has 3 N–H and O–H groups in total. The molecule has 2 heterocycles. The highest BCUT2D eigenvalue weighted by atomic mass is 19.1. The molecule has 1 aromatic carbocycles. The molecule has 7 heteroatoms. The van der Waals surface area contributed by atoms with Gasteiger partial charge in [0.05, 0.1) is 5.92 Å². The van der Waals surface area contributed by atoms with Crippen LogP contribution < -0.4 is 5.32 Å².